The Labute approximate surface area is 93.8 Å². The maximum Gasteiger partial charge on any atom is 0.418 e. The molecule has 0 aliphatic heterocycles. The maximum atomic E-state index is 12.9. The van der Waals surface area contributed by atoms with E-state index >= 15 is 0 Å². The minimum Gasteiger partial charge on any atom is -0.258 e. The number of alkyl halides is 3. The van der Waals surface area contributed by atoms with Gasteiger partial charge < -0.3 is 0 Å². The number of aliphatic imine (C=N–C) groups is 1. The Kier molecular flexibility index (Phi) is 3.61. The van der Waals surface area contributed by atoms with Crippen LogP contribution < -0.4 is 0 Å². The zero-order valence-corrected chi connectivity index (χ0v) is 9.78. The fourth-order valence-electron chi connectivity index (χ4n) is 1.60. The zero-order chi connectivity index (χ0) is 12.5. The summed E-state index contributed by atoms with van der Waals surface area (Å²) in [4.78, 5) is 3.97. The Balaban J connectivity index is 3.19. The first-order chi connectivity index (χ1) is 7.23. The summed E-state index contributed by atoms with van der Waals surface area (Å²) in [6.45, 7) is 8.11. The Morgan fingerprint density at radius 1 is 1.19 bits per heavy atom. The van der Waals surface area contributed by atoms with E-state index in [0.717, 1.165) is 12.8 Å². The molecule has 0 unspecified atom stereocenters. The van der Waals surface area contributed by atoms with Gasteiger partial charge in [-0.25, -0.2) is 0 Å². The van der Waals surface area contributed by atoms with Crippen LogP contribution in [0, 0.1) is 5.92 Å². The molecule has 1 saturated carbocycles. The van der Waals surface area contributed by atoms with E-state index < -0.39 is 11.7 Å². The predicted molar refractivity (Wildman–Crippen MR) is 59.4 cm³/mol. The second kappa shape index (κ2) is 4.44. The number of rotatable bonds is 3. The Morgan fingerprint density at radius 2 is 1.69 bits per heavy atom. The van der Waals surface area contributed by atoms with Crippen molar-refractivity contribution in [1.82, 2.24) is 0 Å². The van der Waals surface area contributed by atoms with Crippen LogP contribution >= 0.6 is 0 Å². The van der Waals surface area contributed by atoms with E-state index in [1.165, 1.54) is 13.8 Å². The van der Waals surface area contributed by atoms with Crippen LogP contribution in [0.4, 0.5) is 13.2 Å². The lowest BCUT2D eigenvalue weighted by Gasteiger charge is -2.16. The van der Waals surface area contributed by atoms with E-state index in [1.807, 2.05) is 0 Å². The fourth-order valence-corrected chi connectivity index (χ4v) is 1.60. The molecular formula is C12H16F3N. The third-order valence-electron chi connectivity index (χ3n) is 2.31. The molecule has 90 valence electrons. The highest BCUT2D eigenvalue weighted by Crippen LogP contribution is 2.40. The lowest BCUT2D eigenvalue weighted by molar-refractivity contribution is -0.0870. The van der Waals surface area contributed by atoms with Crippen LogP contribution in [0.3, 0.4) is 0 Å². The van der Waals surface area contributed by atoms with Crippen molar-refractivity contribution in [1.29, 1.82) is 0 Å². The van der Waals surface area contributed by atoms with Crippen LogP contribution in [-0.2, 0) is 0 Å². The Bertz CT molecular complexity index is 353. The largest absolute Gasteiger partial charge is 0.418 e. The third kappa shape index (κ3) is 3.22. The van der Waals surface area contributed by atoms with Crippen LogP contribution in [0.25, 0.3) is 0 Å². The van der Waals surface area contributed by atoms with Gasteiger partial charge in [-0.1, -0.05) is 12.2 Å². The summed E-state index contributed by atoms with van der Waals surface area (Å²) >= 11 is 0. The summed E-state index contributed by atoms with van der Waals surface area (Å²) < 4.78 is 38.7. The quantitative estimate of drug-likeness (QED) is 0.643. The molecule has 1 rings (SSSR count). The van der Waals surface area contributed by atoms with E-state index in [9.17, 15) is 13.2 Å². The van der Waals surface area contributed by atoms with E-state index in [0.29, 0.717) is 5.70 Å². The normalized spacial score (nSPS) is 17.2. The molecule has 0 aromatic rings. The highest BCUT2D eigenvalue weighted by Gasteiger charge is 2.43. The summed E-state index contributed by atoms with van der Waals surface area (Å²) in [6.07, 6.45) is -2.74. The molecule has 0 spiro atoms. The molecule has 1 nitrogen and oxygen atoms in total. The monoisotopic (exact) mass is 231 g/mol. The van der Waals surface area contributed by atoms with Crippen molar-refractivity contribution in [3.05, 3.63) is 23.4 Å². The van der Waals surface area contributed by atoms with Crippen LogP contribution in [0.1, 0.15) is 33.6 Å². The Morgan fingerprint density at radius 3 is 1.94 bits per heavy atom. The van der Waals surface area contributed by atoms with Crippen molar-refractivity contribution in [3.8, 4) is 0 Å². The van der Waals surface area contributed by atoms with Crippen LogP contribution in [-0.4, -0.2) is 11.9 Å². The van der Waals surface area contributed by atoms with Gasteiger partial charge in [0, 0.05) is 11.6 Å². The first kappa shape index (κ1) is 13.0. The maximum absolute atomic E-state index is 12.9. The van der Waals surface area contributed by atoms with Crippen molar-refractivity contribution in [2.24, 2.45) is 10.9 Å². The highest BCUT2D eigenvalue weighted by molar-refractivity contribution is 6.05. The molecule has 0 aromatic carbocycles. The molecule has 1 aliphatic rings. The van der Waals surface area contributed by atoms with E-state index in [2.05, 4.69) is 11.6 Å². The second-order valence-electron chi connectivity index (χ2n) is 4.38. The van der Waals surface area contributed by atoms with Crippen molar-refractivity contribution >= 4 is 5.71 Å². The summed E-state index contributed by atoms with van der Waals surface area (Å²) in [7, 11) is 0. The summed E-state index contributed by atoms with van der Waals surface area (Å²) in [5.74, 6) is -0.0387. The number of hydrogen-bond acceptors (Lipinski definition) is 1. The standard InChI is InChI=1S/C12H16F3N/c1-7(2)10(12(13,14)15)11(9-5-6-9)16-8(3)4/h9H,3,5-6H2,1-2,4H3. The van der Waals surface area contributed by atoms with Gasteiger partial charge >= 0.3 is 6.18 Å². The molecule has 0 bridgehead atoms. The van der Waals surface area contributed by atoms with E-state index in [4.69, 9.17) is 0 Å². The molecule has 1 fully saturated rings. The molecule has 0 aromatic heterocycles. The number of allylic oxidation sites excluding steroid dienone is 3. The van der Waals surface area contributed by atoms with Gasteiger partial charge in [0.2, 0.25) is 0 Å². The average molecular weight is 231 g/mol. The Hall–Kier alpha value is -1.06. The lowest BCUT2D eigenvalue weighted by atomic mass is 10.0. The first-order valence-corrected chi connectivity index (χ1v) is 5.22. The summed E-state index contributed by atoms with van der Waals surface area (Å²) in [5.41, 5.74) is 0.280. The second-order valence-corrected chi connectivity index (χ2v) is 4.38. The summed E-state index contributed by atoms with van der Waals surface area (Å²) in [6, 6.07) is 0. The van der Waals surface area contributed by atoms with Gasteiger partial charge in [0.25, 0.3) is 0 Å². The van der Waals surface area contributed by atoms with Gasteiger partial charge in [-0.15, -0.1) is 0 Å². The van der Waals surface area contributed by atoms with Crippen LogP contribution in [0.15, 0.2) is 28.4 Å². The van der Waals surface area contributed by atoms with E-state index in [1.54, 1.807) is 6.92 Å². The van der Waals surface area contributed by atoms with Gasteiger partial charge in [-0.05, 0) is 33.6 Å². The minimum absolute atomic E-state index is 0.0387. The molecule has 0 amide bonds. The molecule has 0 N–H and O–H groups in total. The molecule has 4 heteroatoms. The SMILES string of the molecule is C=C(C)N=C(C(=C(C)C)C(F)(F)F)C1CC1. The van der Waals surface area contributed by atoms with E-state index in [-0.39, 0.29) is 17.2 Å². The topological polar surface area (TPSA) is 12.4 Å². The van der Waals surface area contributed by atoms with Gasteiger partial charge in [0.1, 0.15) is 0 Å². The van der Waals surface area contributed by atoms with Crippen molar-refractivity contribution in [2.45, 2.75) is 39.8 Å². The van der Waals surface area contributed by atoms with Crippen LogP contribution in [0.2, 0.25) is 0 Å². The summed E-state index contributed by atoms with van der Waals surface area (Å²) in [5, 5.41) is 0. The molecule has 16 heavy (non-hydrogen) atoms. The van der Waals surface area contributed by atoms with Crippen molar-refractivity contribution in [3.63, 3.8) is 0 Å². The molecule has 0 heterocycles. The van der Waals surface area contributed by atoms with Gasteiger partial charge in [-0.2, -0.15) is 13.2 Å². The highest BCUT2D eigenvalue weighted by atomic mass is 19.4. The number of nitrogens with zero attached hydrogens (tertiary/aromatic N) is 1. The van der Waals surface area contributed by atoms with Gasteiger partial charge in [0.15, 0.2) is 0 Å². The van der Waals surface area contributed by atoms with Gasteiger partial charge in [-0.3, -0.25) is 4.99 Å². The van der Waals surface area contributed by atoms with Crippen molar-refractivity contribution < 1.29 is 13.2 Å². The average Bonchev–Trinajstić information content (AvgIpc) is 2.79. The fraction of sp³-hybridized carbons (Fsp3) is 0.583. The third-order valence-corrected chi connectivity index (χ3v) is 2.31. The molecular weight excluding hydrogens is 215 g/mol. The number of halogens is 3. The molecule has 0 radical (unpaired) electrons. The predicted octanol–water partition coefficient (Wildman–Crippen LogP) is 4.27. The molecule has 1 aliphatic carbocycles. The van der Waals surface area contributed by atoms with Gasteiger partial charge in [0.05, 0.1) is 11.3 Å². The molecule has 0 atom stereocenters. The zero-order valence-electron chi connectivity index (χ0n) is 9.78. The first-order valence-electron chi connectivity index (χ1n) is 5.22. The van der Waals surface area contributed by atoms with Crippen LogP contribution in [0.5, 0.6) is 0 Å². The number of hydrogen-bond donors (Lipinski definition) is 0. The van der Waals surface area contributed by atoms with Crippen molar-refractivity contribution in [2.75, 3.05) is 0 Å². The minimum atomic E-state index is -4.32. The molecule has 0 saturated heterocycles. The smallest absolute Gasteiger partial charge is 0.258 e. The lowest BCUT2D eigenvalue weighted by Crippen LogP contribution is -2.23.